The van der Waals surface area contributed by atoms with Crippen LogP contribution in [0, 0.1) is 5.41 Å². The number of methoxy groups -OCH3 is 1. The maximum absolute atomic E-state index is 5.98. The van der Waals surface area contributed by atoms with Crippen LogP contribution < -0.4 is 5.73 Å². The smallest absolute Gasteiger partial charge is 0.0615 e. The number of hydrogen-bond donors (Lipinski definition) is 1. The van der Waals surface area contributed by atoms with Crippen molar-refractivity contribution in [1.82, 2.24) is 4.90 Å². The van der Waals surface area contributed by atoms with E-state index in [1.165, 1.54) is 6.42 Å². The van der Waals surface area contributed by atoms with Crippen LogP contribution in [0.25, 0.3) is 0 Å². The third-order valence-electron chi connectivity index (χ3n) is 3.81. The van der Waals surface area contributed by atoms with E-state index in [2.05, 4.69) is 18.7 Å². The van der Waals surface area contributed by atoms with Crippen molar-refractivity contribution < 1.29 is 9.47 Å². The standard InChI is InChI=1S/C13H28N2O2/c1-4-15(12(2)8-16-3)10-13(9-14)6-5-7-17-11-13/h12H,4-11,14H2,1-3H3. The average molecular weight is 244 g/mol. The van der Waals surface area contributed by atoms with E-state index in [0.717, 1.165) is 39.3 Å². The molecule has 4 heteroatoms. The van der Waals surface area contributed by atoms with Crippen LogP contribution in [-0.2, 0) is 9.47 Å². The van der Waals surface area contributed by atoms with Crippen molar-refractivity contribution in [2.24, 2.45) is 11.1 Å². The summed E-state index contributed by atoms with van der Waals surface area (Å²) in [4.78, 5) is 2.45. The van der Waals surface area contributed by atoms with Gasteiger partial charge in [-0.25, -0.2) is 0 Å². The molecular weight excluding hydrogens is 216 g/mol. The van der Waals surface area contributed by atoms with Crippen LogP contribution in [-0.4, -0.2) is 57.5 Å². The second kappa shape index (κ2) is 7.31. The Hall–Kier alpha value is -0.160. The van der Waals surface area contributed by atoms with Crippen LogP contribution >= 0.6 is 0 Å². The number of rotatable bonds is 7. The fraction of sp³-hybridized carbons (Fsp3) is 1.00. The topological polar surface area (TPSA) is 47.7 Å². The molecule has 0 aliphatic carbocycles. The minimum Gasteiger partial charge on any atom is -0.383 e. The number of hydrogen-bond acceptors (Lipinski definition) is 4. The number of likely N-dealkylation sites (N-methyl/N-ethyl adjacent to an activating group) is 1. The van der Waals surface area contributed by atoms with Crippen LogP contribution in [0.5, 0.6) is 0 Å². The summed E-state index contributed by atoms with van der Waals surface area (Å²) in [5.74, 6) is 0. The summed E-state index contributed by atoms with van der Waals surface area (Å²) < 4.78 is 10.9. The molecule has 0 spiro atoms. The molecule has 1 aliphatic heterocycles. The maximum atomic E-state index is 5.98. The molecule has 0 aromatic heterocycles. The zero-order chi connectivity index (χ0) is 12.7. The molecule has 0 amide bonds. The van der Waals surface area contributed by atoms with Crippen LogP contribution in [0.2, 0.25) is 0 Å². The predicted octanol–water partition coefficient (Wildman–Crippen LogP) is 1.10. The molecule has 17 heavy (non-hydrogen) atoms. The van der Waals surface area contributed by atoms with Crippen molar-refractivity contribution in [3.63, 3.8) is 0 Å². The van der Waals surface area contributed by atoms with Gasteiger partial charge >= 0.3 is 0 Å². The van der Waals surface area contributed by atoms with Crippen molar-refractivity contribution in [3.8, 4) is 0 Å². The molecular formula is C13H28N2O2. The fourth-order valence-corrected chi connectivity index (χ4v) is 2.62. The fourth-order valence-electron chi connectivity index (χ4n) is 2.62. The van der Waals surface area contributed by atoms with Gasteiger partial charge in [-0.1, -0.05) is 6.92 Å². The van der Waals surface area contributed by atoms with Gasteiger partial charge in [0, 0.05) is 38.3 Å². The summed E-state index contributed by atoms with van der Waals surface area (Å²) in [6.45, 7) is 9.64. The third-order valence-corrected chi connectivity index (χ3v) is 3.81. The lowest BCUT2D eigenvalue weighted by atomic mass is 9.81. The highest BCUT2D eigenvalue weighted by Crippen LogP contribution is 2.29. The van der Waals surface area contributed by atoms with Crippen LogP contribution in [0.15, 0.2) is 0 Å². The maximum Gasteiger partial charge on any atom is 0.0615 e. The Morgan fingerprint density at radius 1 is 1.53 bits per heavy atom. The highest BCUT2D eigenvalue weighted by atomic mass is 16.5. The summed E-state index contributed by atoms with van der Waals surface area (Å²) >= 11 is 0. The van der Waals surface area contributed by atoms with Gasteiger partial charge in [0.2, 0.25) is 0 Å². The first-order valence-electron chi connectivity index (χ1n) is 6.68. The Morgan fingerprint density at radius 3 is 2.76 bits per heavy atom. The van der Waals surface area contributed by atoms with Gasteiger partial charge in [-0.15, -0.1) is 0 Å². The Morgan fingerprint density at radius 2 is 2.29 bits per heavy atom. The molecule has 0 aromatic carbocycles. The molecule has 2 N–H and O–H groups in total. The molecule has 1 fully saturated rings. The van der Waals surface area contributed by atoms with E-state index in [0.29, 0.717) is 12.6 Å². The summed E-state index contributed by atoms with van der Waals surface area (Å²) in [7, 11) is 1.76. The molecule has 0 bridgehead atoms. The molecule has 0 radical (unpaired) electrons. The first kappa shape index (κ1) is 14.9. The molecule has 102 valence electrons. The second-order valence-electron chi connectivity index (χ2n) is 5.23. The van der Waals surface area contributed by atoms with Gasteiger partial charge in [0.05, 0.1) is 13.2 Å². The van der Waals surface area contributed by atoms with Crippen LogP contribution in [0.1, 0.15) is 26.7 Å². The molecule has 2 atom stereocenters. The highest BCUT2D eigenvalue weighted by molar-refractivity contribution is 4.87. The van der Waals surface area contributed by atoms with E-state index in [9.17, 15) is 0 Å². The van der Waals surface area contributed by atoms with Crippen LogP contribution in [0.3, 0.4) is 0 Å². The van der Waals surface area contributed by atoms with Gasteiger partial charge in [0.1, 0.15) is 0 Å². The van der Waals surface area contributed by atoms with Crippen molar-refractivity contribution >= 4 is 0 Å². The monoisotopic (exact) mass is 244 g/mol. The minimum absolute atomic E-state index is 0.149. The number of nitrogens with two attached hydrogens (primary N) is 1. The third kappa shape index (κ3) is 4.21. The summed E-state index contributed by atoms with van der Waals surface area (Å²) in [6.07, 6.45) is 2.31. The normalized spacial score (nSPS) is 27.4. The van der Waals surface area contributed by atoms with Gasteiger partial charge in [-0.3, -0.25) is 4.90 Å². The highest BCUT2D eigenvalue weighted by Gasteiger charge is 2.34. The molecule has 1 saturated heterocycles. The van der Waals surface area contributed by atoms with E-state index < -0.39 is 0 Å². The molecule has 1 rings (SSSR count). The molecule has 1 aliphatic rings. The Kier molecular flexibility index (Phi) is 6.41. The summed E-state index contributed by atoms with van der Waals surface area (Å²) in [5.41, 5.74) is 6.13. The van der Waals surface area contributed by atoms with Crippen molar-refractivity contribution in [2.45, 2.75) is 32.7 Å². The lowest BCUT2D eigenvalue weighted by Crippen LogP contribution is -2.50. The predicted molar refractivity (Wildman–Crippen MR) is 70.1 cm³/mol. The molecule has 0 saturated carbocycles. The summed E-state index contributed by atoms with van der Waals surface area (Å²) in [6, 6.07) is 0.440. The molecule has 0 aromatic rings. The zero-order valence-corrected chi connectivity index (χ0v) is 11.6. The lowest BCUT2D eigenvalue weighted by molar-refractivity contribution is -0.0321. The van der Waals surface area contributed by atoms with Crippen molar-refractivity contribution in [1.29, 1.82) is 0 Å². The first-order valence-corrected chi connectivity index (χ1v) is 6.68. The van der Waals surface area contributed by atoms with Gasteiger partial charge < -0.3 is 15.2 Å². The van der Waals surface area contributed by atoms with E-state index in [4.69, 9.17) is 15.2 Å². The van der Waals surface area contributed by atoms with Crippen LogP contribution in [0.4, 0.5) is 0 Å². The van der Waals surface area contributed by atoms with Crippen molar-refractivity contribution in [2.75, 3.05) is 46.6 Å². The van der Waals surface area contributed by atoms with Gasteiger partial charge in [0.25, 0.3) is 0 Å². The van der Waals surface area contributed by atoms with Gasteiger partial charge in [-0.2, -0.15) is 0 Å². The second-order valence-corrected chi connectivity index (χ2v) is 5.23. The first-order chi connectivity index (χ1) is 8.17. The van der Waals surface area contributed by atoms with E-state index in [1.807, 2.05) is 0 Å². The molecule has 2 unspecified atom stereocenters. The Bertz CT molecular complexity index is 206. The van der Waals surface area contributed by atoms with E-state index in [1.54, 1.807) is 7.11 Å². The Labute approximate surface area is 105 Å². The summed E-state index contributed by atoms with van der Waals surface area (Å²) in [5, 5.41) is 0. The molecule has 4 nitrogen and oxygen atoms in total. The van der Waals surface area contributed by atoms with E-state index >= 15 is 0 Å². The Balaban J connectivity index is 2.57. The SMILES string of the molecule is CCN(CC1(CN)CCCOC1)C(C)COC. The zero-order valence-electron chi connectivity index (χ0n) is 11.6. The largest absolute Gasteiger partial charge is 0.383 e. The van der Waals surface area contributed by atoms with Gasteiger partial charge in [-0.05, 0) is 26.3 Å². The number of ether oxygens (including phenoxy) is 2. The van der Waals surface area contributed by atoms with Crippen molar-refractivity contribution in [3.05, 3.63) is 0 Å². The van der Waals surface area contributed by atoms with E-state index in [-0.39, 0.29) is 5.41 Å². The van der Waals surface area contributed by atoms with Gasteiger partial charge in [0.15, 0.2) is 0 Å². The number of nitrogens with zero attached hydrogens (tertiary/aromatic N) is 1. The average Bonchev–Trinajstić information content (AvgIpc) is 2.37. The quantitative estimate of drug-likeness (QED) is 0.728. The molecule has 1 heterocycles. The lowest BCUT2D eigenvalue weighted by Gasteiger charge is -2.41. The minimum atomic E-state index is 0.149.